The lowest BCUT2D eigenvalue weighted by Gasteiger charge is -2.28. The second kappa shape index (κ2) is 9.40. The lowest BCUT2D eigenvalue weighted by Crippen LogP contribution is -2.43. The van der Waals surface area contributed by atoms with Gasteiger partial charge in [0.1, 0.15) is 23.2 Å². The first-order chi connectivity index (χ1) is 17.3. The van der Waals surface area contributed by atoms with Gasteiger partial charge < -0.3 is 10.2 Å². The molecule has 0 atom stereocenters. The summed E-state index contributed by atoms with van der Waals surface area (Å²) in [6.45, 7) is 2.78. The maximum absolute atomic E-state index is 14.2. The van der Waals surface area contributed by atoms with Crippen molar-refractivity contribution in [3.8, 4) is 6.07 Å². The van der Waals surface area contributed by atoms with Gasteiger partial charge in [-0.1, -0.05) is 18.2 Å². The van der Waals surface area contributed by atoms with Crippen molar-refractivity contribution in [1.82, 2.24) is 4.90 Å². The summed E-state index contributed by atoms with van der Waals surface area (Å²) in [4.78, 5) is 27.3. The maximum Gasteiger partial charge on any atom is 0.332 e. The first kappa shape index (κ1) is 26.0. The molecule has 0 bridgehead atoms. The number of carbonyl (C=O) groups excluding carboxylic acids is 2. The largest absolute Gasteiger partial charge is 0.353 e. The molecule has 0 unspecified atom stereocenters. The van der Waals surface area contributed by atoms with Gasteiger partial charge in [0, 0.05) is 11.8 Å². The molecule has 0 spiro atoms. The molecule has 6 nitrogen and oxygen atoms in total. The molecule has 1 heterocycles. The molecule has 1 N–H and O–H groups in total. The zero-order valence-electron chi connectivity index (χ0n) is 19.4. The molecule has 0 aromatic heterocycles. The number of nitriles is 1. The van der Waals surface area contributed by atoms with Crippen LogP contribution >= 0.6 is 11.2 Å². The average Bonchev–Trinajstić information content (AvgIpc) is 3.00. The zero-order chi connectivity index (χ0) is 27.1. The number of amides is 3. The van der Waals surface area contributed by atoms with Crippen LogP contribution in [0.3, 0.4) is 0 Å². The number of urea groups is 1. The van der Waals surface area contributed by atoms with Crippen LogP contribution in [0, 0.1) is 23.0 Å². The van der Waals surface area contributed by atoms with Crippen LogP contribution in [0.15, 0.2) is 65.6 Å². The van der Waals surface area contributed by atoms with E-state index in [0.717, 1.165) is 18.2 Å². The minimum absolute atomic E-state index is 0.0154. The molecule has 4 rings (SSSR count). The number of hydrogen-bond acceptors (Lipinski definition) is 4. The fourth-order valence-corrected chi connectivity index (χ4v) is 4.57. The average molecular weight is 535 g/mol. The van der Waals surface area contributed by atoms with E-state index >= 15 is 0 Å². The highest BCUT2D eigenvalue weighted by Gasteiger charge is 2.52. The molecular formula is C25H19F5N4O2S. The lowest BCUT2D eigenvalue weighted by atomic mass is 10.0. The van der Waals surface area contributed by atoms with Crippen molar-refractivity contribution in [2.24, 2.45) is 0 Å². The van der Waals surface area contributed by atoms with Crippen LogP contribution in [0.25, 0.3) is 0 Å². The highest BCUT2D eigenvalue weighted by atomic mass is 32.3. The second-order valence-corrected chi connectivity index (χ2v) is 9.93. The summed E-state index contributed by atoms with van der Waals surface area (Å²) in [7, 11) is 0. The number of nitrogens with zero attached hydrogens (tertiary/aromatic N) is 3. The Morgan fingerprint density at radius 3 is 2.32 bits per heavy atom. The third kappa shape index (κ3) is 4.82. The number of benzene rings is 3. The maximum atomic E-state index is 14.2. The molecule has 0 radical (unpaired) electrons. The van der Waals surface area contributed by atoms with E-state index in [-0.39, 0.29) is 17.9 Å². The SMILES string of the molecule is CC1(C)C(=O)N(c2ccc(C#N)c(S(F)(F)F)c2)C(=O)N1Cc1ccccc1Nc1ccc(F)cc1F. The van der Waals surface area contributed by atoms with Crippen LogP contribution < -0.4 is 10.2 Å². The molecule has 3 aromatic carbocycles. The van der Waals surface area contributed by atoms with Gasteiger partial charge in [-0.05, 0) is 55.8 Å². The van der Waals surface area contributed by atoms with Crippen LogP contribution in [-0.2, 0) is 11.3 Å². The second-order valence-electron chi connectivity index (χ2n) is 8.67. The molecule has 3 aromatic rings. The highest BCUT2D eigenvalue weighted by molar-refractivity contribution is 8.21. The number of para-hydroxylation sites is 1. The monoisotopic (exact) mass is 534 g/mol. The quantitative estimate of drug-likeness (QED) is 0.269. The fourth-order valence-electron chi connectivity index (χ4n) is 3.95. The number of carbonyl (C=O) groups is 2. The number of halogens is 5. The number of rotatable bonds is 6. The summed E-state index contributed by atoms with van der Waals surface area (Å²) in [5.74, 6) is -2.34. The van der Waals surface area contributed by atoms with E-state index in [0.29, 0.717) is 28.3 Å². The standard InChI is InChI=1S/C25H19F5N4O2S/c1-25(2)23(35)34(18-9-7-15(13-31)22(12-18)37(28,29)30)24(36)33(25)14-16-5-3-4-6-20(16)32-21-10-8-17(26)11-19(21)27/h3-12,32H,14H2,1-2H3. The summed E-state index contributed by atoms with van der Waals surface area (Å²) in [5.41, 5.74) is -1.51. The van der Waals surface area contributed by atoms with Gasteiger partial charge in [0.05, 0.1) is 28.4 Å². The van der Waals surface area contributed by atoms with Crippen molar-refractivity contribution in [2.75, 3.05) is 10.2 Å². The minimum Gasteiger partial charge on any atom is -0.353 e. The Balaban J connectivity index is 1.68. The van der Waals surface area contributed by atoms with Crippen molar-refractivity contribution < 1.29 is 30.0 Å². The van der Waals surface area contributed by atoms with Crippen LogP contribution in [-0.4, -0.2) is 22.4 Å². The van der Waals surface area contributed by atoms with Gasteiger partial charge in [0.15, 0.2) is 0 Å². The molecule has 1 saturated heterocycles. The van der Waals surface area contributed by atoms with Gasteiger partial charge in [0.25, 0.3) is 5.91 Å². The van der Waals surface area contributed by atoms with E-state index in [2.05, 4.69) is 5.32 Å². The van der Waals surface area contributed by atoms with Gasteiger partial charge in [0.2, 0.25) is 11.2 Å². The third-order valence-electron chi connectivity index (χ3n) is 5.96. The predicted octanol–water partition coefficient (Wildman–Crippen LogP) is 7.14. The van der Waals surface area contributed by atoms with E-state index in [1.54, 1.807) is 24.3 Å². The number of hydrogen-bond donors (Lipinski definition) is 1. The molecule has 1 aliphatic heterocycles. The van der Waals surface area contributed by atoms with Crippen LogP contribution in [0.4, 0.5) is 42.3 Å². The van der Waals surface area contributed by atoms with E-state index < -0.39 is 50.8 Å². The van der Waals surface area contributed by atoms with Gasteiger partial charge in [-0.3, -0.25) is 4.79 Å². The van der Waals surface area contributed by atoms with Gasteiger partial charge in [-0.25, -0.2) is 18.5 Å². The Labute approximate surface area is 211 Å². The zero-order valence-corrected chi connectivity index (χ0v) is 20.3. The van der Waals surface area contributed by atoms with E-state index in [1.807, 2.05) is 0 Å². The number of imide groups is 1. The van der Waals surface area contributed by atoms with E-state index in [1.165, 1.54) is 30.9 Å². The summed E-state index contributed by atoms with van der Waals surface area (Å²) in [5, 5.41) is 11.9. The summed E-state index contributed by atoms with van der Waals surface area (Å²) in [6, 6.07) is 12.9. The number of nitrogens with one attached hydrogen (secondary N) is 1. The van der Waals surface area contributed by atoms with Crippen LogP contribution in [0.5, 0.6) is 0 Å². The lowest BCUT2D eigenvalue weighted by molar-refractivity contribution is -0.123. The molecule has 0 aliphatic carbocycles. The first-order valence-corrected chi connectivity index (χ1v) is 12.1. The van der Waals surface area contributed by atoms with Crippen molar-refractivity contribution in [3.63, 3.8) is 0 Å². The molecule has 3 amide bonds. The Morgan fingerprint density at radius 1 is 0.973 bits per heavy atom. The molecular weight excluding hydrogens is 515 g/mol. The van der Waals surface area contributed by atoms with Gasteiger partial charge in [-0.2, -0.15) is 5.26 Å². The number of anilines is 3. The van der Waals surface area contributed by atoms with E-state index in [4.69, 9.17) is 5.26 Å². The van der Waals surface area contributed by atoms with Crippen molar-refractivity contribution >= 4 is 40.2 Å². The fraction of sp³-hybridized carbons (Fsp3) is 0.160. The molecule has 0 saturated carbocycles. The molecule has 1 fully saturated rings. The molecule has 37 heavy (non-hydrogen) atoms. The van der Waals surface area contributed by atoms with Crippen molar-refractivity contribution in [1.29, 1.82) is 5.26 Å². The topological polar surface area (TPSA) is 76.4 Å². The first-order valence-electron chi connectivity index (χ1n) is 10.8. The summed E-state index contributed by atoms with van der Waals surface area (Å²) >= 11 is -5.81. The highest BCUT2D eigenvalue weighted by Crippen LogP contribution is 2.62. The Bertz CT molecular complexity index is 1450. The van der Waals surface area contributed by atoms with Gasteiger partial charge >= 0.3 is 6.03 Å². The van der Waals surface area contributed by atoms with Crippen molar-refractivity contribution in [3.05, 3.63) is 83.4 Å². The molecule has 12 heteroatoms. The van der Waals surface area contributed by atoms with E-state index in [9.17, 15) is 30.0 Å². The predicted molar refractivity (Wildman–Crippen MR) is 129 cm³/mol. The Morgan fingerprint density at radius 2 is 1.68 bits per heavy atom. The summed E-state index contributed by atoms with van der Waals surface area (Å²) in [6.07, 6.45) is 0. The minimum atomic E-state index is -5.81. The molecule has 1 aliphatic rings. The van der Waals surface area contributed by atoms with Crippen molar-refractivity contribution in [2.45, 2.75) is 30.8 Å². The van der Waals surface area contributed by atoms with Crippen LogP contribution in [0.2, 0.25) is 0 Å². The Hall–Kier alpha value is -4.11. The third-order valence-corrected chi connectivity index (χ3v) is 6.80. The molecule has 192 valence electrons. The smallest absolute Gasteiger partial charge is 0.332 e. The normalized spacial score (nSPS) is 15.6. The van der Waals surface area contributed by atoms with Gasteiger partial charge in [-0.15, -0.1) is 11.7 Å². The van der Waals surface area contributed by atoms with Crippen LogP contribution in [0.1, 0.15) is 25.0 Å². The Kier molecular flexibility index (Phi) is 6.60. The summed E-state index contributed by atoms with van der Waals surface area (Å²) < 4.78 is 68.2.